The van der Waals surface area contributed by atoms with Gasteiger partial charge in [0.1, 0.15) is 0 Å². The van der Waals surface area contributed by atoms with E-state index in [4.69, 9.17) is 14.1 Å². The van der Waals surface area contributed by atoms with Gasteiger partial charge in [0.05, 0.1) is 12.4 Å². The molecule has 3 atom stereocenters. The zero-order valence-electron chi connectivity index (χ0n) is 16.6. The molecule has 2 aliphatic carbocycles. The third-order valence-corrected chi connectivity index (χ3v) is 7.23. The van der Waals surface area contributed by atoms with Crippen LogP contribution < -0.4 is 5.32 Å². The van der Waals surface area contributed by atoms with Crippen molar-refractivity contribution in [2.75, 3.05) is 39.3 Å². The van der Waals surface area contributed by atoms with Gasteiger partial charge < -0.3 is 24.3 Å². The first-order valence-corrected chi connectivity index (χ1v) is 10.7. The van der Waals surface area contributed by atoms with Gasteiger partial charge in [-0.25, -0.2) is 0 Å². The molecule has 1 amide bonds. The molecule has 2 saturated carbocycles. The van der Waals surface area contributed by atoms with Crippen molar-refractivity contribution in [3.8, 4) is 0 Å². The predicted octanol–water partition coefficient (Wildman–Crippen LogP) is 1.96. The first-order chi connectivity index (χ1) is 13.7. The zero-order chi connectivity index (χ0) is 19.1. The van der Waals surface area contributed by atoms with Crippen LogP contribution in [-0.4, -0.2) is 73.1 Å². The average molecular weight is 386 g/mol. The number of fused-ring (bicyclic) bond motifs is 2. The molecule has 4 fully saturated rings. The minimum Gasteiger partial charge on any atom is -0.459 e. The van der Waals surface area contributed by atoms with Crippen LogP contribution in [0.1, 0.15) is 43.2 Å². The molecule has 1 spiro atoms. The number of carbonyl (C=O) groups is 1. The molecule has 0 bridgehead atoms. The van der Waals surface area contributed by atoms with Crippen LogP contribution in [0.3, 0.4) is 0 Å². The van der Waals surface area contributed by atoms with Gasteiger partial charge in [-0.1, -0.05) is 6.42 Å². The van der Waals surface area contributed by atoms with E-state index in [9.17, 15) is 4.79 Å². The number of piperazine rings is 1. The lowest BCUT2D eigenvalue weighted by Crippen LogP contribution is -2.73. The maximum Gasteiger partial charge on any atom is 0.289 e. The van der Waals surface area contributed by atoms with Crippen molar-refractivity contribution in [3.63, 3.8) is 0 Å². The smallest absolute Gasteiger partial charge is 0.289 e. The Morgan fingerprint density at radius 3 is 2.71 bits per heavy atom. The van der Waals surface area contributed by atoms with E-state index in [-0.39, 0.29) is 5.91 Å². The van der Waals surface area contributed by atoms with Crippen LogP contribution in [0.25, 0.3) is 0 Å². The Hall–Kier alpha value is -2.02. The molecule has 1 aromatic rings. The molecule has 4 aliphatic rings. The van der Waals surface area contributed by atoms with Crippen molar-refractivity contribution in [1.82, 2.24) is 15.1 Å². The summed E-state index contributed by atoms with van der Waals surface area (Å²) in [5.41, 5.74) is 0.340. The van der Waals surface area contributed by atoms with E-state index in [1.807, 2.05) is 4.90 Å². The number of aliphatic imine (C=N–C) groups is 1. The van der Waals surface area contributed by atoms with Crippen molar-refractivity contribution in [1.29, 1.82) is 0 Å². The Bertz CT molecular complexity index is 735. The summed E-state index contributed by atoms with van der Waals surface area (Å²) in [6, 6.07) is 3.98. The number of furan rings is 1. The first-order valence-electron chi connectivity index (χ1n) is 10.7. The summed E-state index contributed by atoms with van der Waals surface area (Å²) in [6.07, 6.45) is 7.04. The van der Waals surface area contributed by atoms with Gasteiger partial charge in [0.15, 0.2) is 11.7 Å². The second-order valence-corrected chi connectivity index (χ2v) is 8.51. The number of nitrogens with one attached hydrogen (secondary N) is 1. The standard InChI is InChI=1S/C21H30N4O3/c1-2-22-20(23-17-15-6-14-28-18(15)21(17)7-4-8-21)25-11-9-24(10-12-25)19(26)16-5-3-13-27-16/h3,5,13,15,17-18H,2,4,6-12,14H2,1H3,(H,22,23). The van der Waals surface area contributed by atoms with Crippen LogP contribution in [-0.2, 0) is 4.74 Å². The van der Waals surface area contributed by atoms with Crippen molar-refractivity contribution in [2.24, 2.45) is 16.3 Å². The van der Waals surface area contributed by atoms with Crippen molar-refractivity contribution in [2.45, 2.75) is 44.8 Å². The minimum atomic E-state index is -0.0232. The summed E-state index contributed by atoms with van der Waals surface area (Å²) in [5, 5.41) is 3.83. The molecule has 0 radical (unpaired) electrons. The van der Waals surface area contributed by atoms with Gasteiger partial charge in [0.25, 0.3) is 5.91 Å². The lowest BCUT2D eigenvalue weighted by molar-refractivity contribution is -0.171. The largest absolute Gasteiger partial charge is 0.459 e. The van der Waals surface area contributed by atoms with Gasteiger partial charge in [0.2, 0.25) is 0 Å². The Morgan fingerprint density at radius 1 is 1.29 bits per heavy atom. The van der Waals surface area contributed by atoms with E-state index >= 15 is 0 Å². The van der Waals surface area contributed by atoms with Crippen LogP contribution >= 0.6 is 0 Å². The van der Waals surface area contributed by atoms with E-state index < -0.39 is 0 Å². The summed E-state index contributed by atoms with van der Waals surface area (Å²) in [7, 11) is 0. The van der Waals surface area contributed by atoms with Crippen molar-refractivity contribution in [3.05, 3.63) is 24.2 Å². The fourth-order valence-corrected chi connectivity index (χ4v) is 5.66. The fourth-order valence-electron chi connectivity index (χ4n) is 5.66. The molecule has 1 aromatic heterocycles. The Kier molecular flexibility index (Phi) is 4.57. The molecule has 0 aromatic carbocycles. The molecule has 2 saturated heterocycles. The maximum absolute atomic E-state index is 12.5. The van der Waals surface area contributed by atoms with Crippen LogP contribution in [0.15, 0.2) is 27.8 Å². The van der Waals surface area contributed by atoms with Gasteiger partial charge in [-0.05, 0) is 38.3 Å². The Balaban J connectivity index is 1.23. The highest BCUT2D eigenvalue weighted by Gasteiger charge is 2.66. The third-order valence-electron chi connectivity index (χ3n) is 7.23. The molecule has 28 heavy (non-hydrogen) atoms. The Morgan fingerprint density at radius 2 is 2.07 bits per heavy atom. The second kappa shape index (κ2) is 7.10. The highest BCUT2D eigenvalue weighted by Crippen LogP contribution is 2.62. The zero-order valence-corrected chi connectivity index (χ0v) is 16.6. The topological polar surface area (TPSA) is 70.3 Å². The minimum absolute atomic E-state index is 0.0232. The van der Waals surface area contributed by atoms with Crippen LogP contribution in [0.5, 0.6) is 0 Å². The fraction of sp³-hybridized carbons (Fsp3) is 0.714. The maximum atomic E-state index is 12.5. The van der Waals surface area contributed by atoms with Crippen LogP contribution in [0.2, 0.25) is 0 Å². The molecule has 5 rings (SSSR count). The number of guanidine groups is 1. The number of hydrogen-bond donors (Lipinski definition) is 1. The van der Waals surface area contributed by atoms with Crippen LogP contribution in [0.4, 0.5) is 0 Å². The predicted molar refractivity (Wildman–Crippen MR) is 105 cm³/mol. The summed E-state index contributed by atoms with van der Waals surface area (Å²) in [5.74, 6) is 2.03. The first kappa shape index (κ1) is 18.0. The molecule has 7 nitrogen and oxygen atoms in total. The highest BCUT2D eigenvalue weighted by atomic mass is 16.5. The van der Waals surface area contributed by atoms with Crippen molar-refractivity contribution < 1.29 is 13.9 Å². The molecule has 3 heterocycles. The summed E-state index contributed by atoms with van der Waals surface area (Å²) in [4.78, 5) is 21.5. The van der Waals surface area contributed by atoms with Gasteiger partial charge in [-0.15, -0.1) is 0 Å². The monoisotopic (exact) mass is 386 g/mol. The SMILES string of the molecule is CCN=C(NC1C2CCOC2C12CCC2)N1CCN(C(=O)c2ccco2)CC1. The molecular formula is C21H30N4O3. The van der Waals surface area contributed by atoms with E-state index in [0.717, 1.165) is 38.6 Å². The lowest BCUT2D eigenvalue weighted by Gasteiger charge is -2.63. The molecule has 1 N–H and O–H groups in total. The van der Waals surface area contributed by atoms with E-state index in [2.05, 4.69) is 17.1 Å². The molecule has 152 valence electrons. The van der Waals surface area contributed by atoms with Gasteiger partial charge in [0, 0.05) is 56.7 Å². The number of carbonyl (C=O) groups excluding carboxylic acids is 1. The number of hydrogen-bond acceptors (Lipinski definition) is 4. The number of nitrogens with zero attached hydrogens (tertiary/aromatic N) is 3. The molecule has 3 unspecified atom stereocenters. The number of amides is 1. The van der Waals surface area contributed by atoms with Gasteiger partial charge in [-0.3, -0.25) is 9.79 Å². The lowest BCUT2D eigenvalue weighted by atomic mass is 9.46. The normalized spacial score (nSPS) is 31.3. The van der Waals surface area contributed by atoms with Gasteiger partial charge in [-0.2, -0.15) is 0 Å². The molecule has 2 aliphatic heterocycles. The van der Waals surface area contributed by atoms with E-state index in [0.29, 0.717) is 42.3 Å². The Labute approximate surface area is 166 Å². The summed E-state index contributed by atoms with van der Waals surface area (Å²) in [6.45, 7) is 6.72. The summed E-state index contributed by atoms with van der Waals surface area (Å²) >= 11 is 0. The molecule has 7 heteroatoms. The summed E-state index contributed by atoms with van der Waals surface area (Å²) < 4.78 is 11.3. The average Bonchev–Trinajstić information content (AvgIpc) is 3.34. The quantitative estimate of drug-likeness (QED) is 0.635. The van der Waals surface area contributed by atoms with Gasteiger partial charge >= 0.3 is 0 Å². The second-order valence-electron chi connectivity index (χ2n) is 8.51. The number of rotatable bonds is 3. The van der Waals surface area contributed by atoms with E-state index in [1.165, 1.54) is 19.3 Å². The highest BCUT2D eigenvalue weighted by molar-refractivity contribution is 5.91. The molecular weight excluding hydrogens is 356 g/mol. The van der Waals surface area contributed by atoms with Crippen LogP contribution in [0, 0.1) is 11.3 Å². The van der Waals surface area contributed by atoms with Crippen molar-refractivity contribution >= 4 is 11.9 Å². The van der Waals surface area contributed by atoms with E-state index in [1.54, 1.807) is 18.4 Å². The third kappa shape index (κ3) is 2.74. The number of ether oxygens (including phenoxy) is 1.